The van der Waals surface area contributed by atoms with Crippen molar-refractivity contribution in [3.8, 4) is 16.9 Å². The summed E-state index contributed by atoms with van der Waals surface area (Å²) in [5.41, 5.74) is 1.99. The number of hydrogen-bond acceptors (Lipinski definition) is 3. The van der Waals surface area contributed by atoms with Gasteiger partial charge in [-0.2, -0.15) is 0 Å². The van der Waals surface area contributed by atoms with Crippen molar-refractivity contribution in [3.05, 3.63) is 84.2 Å². The maximum atomic E-state index is 14.9. The van der Waals surface area contributed by atoms with E-state index < -0.39 is 17.8 Å². The van der Waals surface area contributed by atoms with E-state index in [0.29, 0.717) is 17.0 Å². The number of ether oxygens (including phenoxy) is 1. The number of para-hydroxylation sites is 2. The van der Waals surface area contributed by atoms with Gasteiger partial charge in [-0.25, -0.2) is 4.39 Å². The van der Waals surface area contributed by atoms with Gasteiger partial charge >= 0.3 is 0 Å². The van der Waals surface area contributed by atoms with Gasteiger partial charge in [-0.1, -0.05) is 48.5 Å². The SMILES string of the molecule is CNC(=O)[C@H]1CN(C(=O)c2ccc(-c3ccccc3)cc2F)c2ccccc2O1. The Morgan fingerprint density at radius 1 is 1.00 bits per heavy atom. The molecular formula is C23H19FN2O3. The third kappa shape index (κ3) is 3.57. The number of amides is 2. The maximum Gasteiger partial charge on any atom is 0.262 e. The average molecular weight is 390 g/mol. The zero-order valence-electron chi connectivity index (χ0n) is 15.8. The molecule has 0 unspecified atom stereocenters. The van der Waals surface area contributed by atoms with Crippen LogP contribution in [0, 0.1) is 5.82 Å². The molecule has 0 saturated carbocycles. The topological polar surface area (TPSA) is 58.6 Å². The van der Waals surface area contributed by atoms with E-state index in [9.17, 15) is 14.0 Å². The van der Waals surface area contributed by atoms with Crippen molar-refractivity contribution < 1.29 is 18.7 Å². The molecule has 146 valence electrons. The molecule has 1 heterocycles. The summed E-state index contributed by atoms with van der Waals surface area (Å²) in [5, 5.41) is 2.53. The summed E-state index contributed by atoms with van der Waals surface area (Å²) in [4.78, 5) is 26.7. The van der Waals surface area contributed by atoms with Crippen LogP contribution in [0.1, 0.15) is 10.4 Å². The Hall–Kier alpha value is -3.67. The monoisotopic (exact) mass is 390 g/mol. The van der Waals surface area contributed by atoms with Crippen LogP contribution >= 0.6 is 0 Å². The predicted octanol–water partition coefficient (Wildman–Crippen LogP) is 3.65. The minimum Gasteiger partial charge on any atom is -0.477 e. The second-order valence-corrected chi connectivity index (χ2v) is 6.66. The van der Waals surface area contributed by atoms with Crippen LogP contribution in [0.4, 0.5) is 10.1 Å². The first kappa shape index (κ1) is 18.7. The van der Waals surface area contributed by atoms with E-state index in [1.807, 2.05) is 30.3 Å². The van der Waals surface area contributed by atoms with E-state index in [-0.39, 0.29) is 18.0 Å². The molecule has 0 fully saturated rings. The number of fused-ring (bicyclic) bond motifs is 1. The number of hydrogen-bond donors (Lipinski definition) is 1. The average Bonchev–Trinajstić information content (AvgIpc) is 2.77. The van der Waals surface area contributed by atoms with Crippen LogP contribution in [-0.4, -0.2) is 31.5 Å². The highest BCUT2D eigenvalue weighted by molar-refractivity contribution is 6.08. The lowest BCUT2D eigenvalue weighted by atomic mass is 10.0. The molecule has 3 aromatic carbocycles. The molecule has 1 atom stereocenters. The lowest BCUT2D eigenvalue weighted by Crippen LogP contribution is -2.50. The van der Waals surface area contributed by atoms with Gasteiger partial charge in [0.2, 0.25) is 0 Å². The molecule has 1 N–H and O–H groups in total. The lowest BCUT2D eigenvalue weighted by Gasteiger charge is -2.34. The minimum absolute atomic E-state index is 0.00457. The number of nitrogens with one attached hydrogen (secondary N) is 1. The van der Waals surface area contributed by atoms with E-state index in [1.54, 1.807) is 30.3 Å². The molecular weight excluding hydrogens is 371 g/mol. The summed E-state index contributed by atoms with van der Waals surface area (Å²) in [6, 6.07) is 20.8. The van der Waals surface area contributed by atoms with Crippen molar-refractivity contribution in [2.45, 2.75) is 6.10 Å². The fourth-order valence-electron chi connectivity index (χ4n) is 3.37. The Kier molecular flexibility index (Phi) is 4.99. The first-order valence-corrected chi connectivity index (χ1v) is 9.22. The first-order chi connectivity index (χ1) is 14.1. The molecule has 3 aromatic rings. The first-order valence-electron chi connectivity index (χ1n) is 9.22. The van der Waals surface area contributed by atoms with Crippen molar-refractivity contribution in [1.29, 1.82) is 0 Å². The summed E-state index contributed by atoms with van der Waals surface area (Å²) < 4.78 is 20.6. The van der Waals surface area contributed by atoms with Crippen molar-refractivity contribution in [3.63, 3.8) is 0 Å². The van der Waals surface area contributed by atoms with Crippen LogP contribution in [0.2, 0.25) is 0 Å². The highest BCUT2D eigenvalue weighted by atomic mass is 19.1. The fraction of sp³-hybridized carbons (Fsp3) is 0.130. The van der Waals surface area contributed by atoms with Crippen LogP contribution in [0.25, 0.3) is 11.1 Å². The minimum atomic E-state index is -0.870. The van der Waals surface area contributed by atoms with E-state index in [1.165, 1.54) is 24.1 Å². The quantitative estimate of drug-likeness (QED) is 0.743. The van der Waals surface area contributed by atoms with Crippen LogP contribution in [-0.2, 0) is 4.79 Å². The standard InChI is InChI=1S/C23H19FN2O3/c1-25-22(27)21-14-26(19-9-5-6-10-20(19)29-21)23(28)17-12-11-16(13-18(17)24)15-7-3-2-4-8-15/h2-13,21H,14H2,1H3,(H,25,27)/t21-/m1/s1. The van der Waals surface area contributed by atoms with Crippen molar-refractivity contribution in [1.82, 2.24) is 5.32 Å². The second-order valence-electron chi connectivity index (χ2n) is 6.66. The number of anilines is 1. The van der Waals surface area contributed by atoms with Gasteiger partial charge in [-0.3, -0.25) is 9.59 Å². The van der Waals surface area contributed by atoms with Gasteiger partial charge in [0.15, 0.2) is 6.10 Å². The number of likely N-dealkylation sites (N-methyl/N-ethyl adjacent to an activating group) is 1. The second kappa shape index (κ2) is 7.75. The zero-order valence-corrected chi connectivity index (χ0v) is 15.8. The molecule has 0 spiro atoms. The van der Waals surface area contributed by atoms with Crippen molar-refractivity contribution in [2.75, 3.05) is 18.5 Å². The Bertz CT molecular complexity index is 1070. The Morgan fingerprint density at radius 3 is 2.45 bits per heavy atom. The maximum absolute atomic E-state index is 14.9. The molecule has 0 radical (unpaired) electrons. The molecule has 2 amide bonds. The number of nitrogens with zero attached hydrogens (tertiary/aromatic N) is 1. The van der Waals surface area contributed by atoms with E-state index in [2.05, 4.69) is 5.32 Å². The lowest BCUT2D eigenvalue weighted by molar-refractivity contribution is -0.127. The molecule has 1 aliphatic rings. The van der Waals surface area contributed by atoms with Gasteiger partial charge in [0.25, 0.3) is 11.8 Å². The van der Waals surface area contributed by atoms with Crippen LogP contribution in [0.5, 0.6) is 5.75 Å². The molecule has 1 aliphatic heterocycles. The molecule has 0 aromatic heterocycles. The largest absolute Gasteiger partial charge is 0.477 e. The van der Waals surface area contributed by atoms with Crippen molar-refractivity contribution in [2.24, 2.45) is 0 Å². The summed E-state index contributed by atoms with van der Waals surface area (Å²) in [6.45, 7) is -0.00457. The molecule has 0 saturated heterocycles. The summed E-state index contributed by atoms with van der Waals surface area (Å²) in [5.74, 6) is -1.08. The Morgan fingerprint density at radius 2 is 1.72 bits per heavy atom. The van der Waals surface area contributed by atoms with Gasteiger partial charge in [-0.15, -0.1) is 0 Å². The number of carbonyl (C=O) groups excluding carboxylic acids is 2. The number of halogens is 1. The Balaban J connectivity index is 1.69. The van der Waals surface area contributed by atoms with Crippen LogP contribution < -0.4 is 15.0 Å². The Labute approximate surface area is 167 Å². The molecule has 0 bridgehead atoms. The summed E-state index contributed by atoms with van der Waals surface area (Å²) in [7, 11) is 1.50. The zero-order chi connectivity index (χ0) is 20.4. The van der Waals surface area contributed by atoms with Gasteiger partial charge in [0.1, 0.15) is 11.6 Å². The van der Waals surface area contributed by atoms with Gasteiger partial charge in [0.05, 0.1) is 17.8 Å². The smallest absolute Gasteiger partial charge is 0.262 e. The number of rotatable bonds is 3. The highest BCUT2D eigenvalue weighted by Gasteiger charge is 2.34. The van der Waals surface area contributed by atoms with Gasteiger partial charge < -0.3 is 15.0 Å². The summed E-state index contributed by atoms with van der Waals surface area (Å²) >= 11 is 0. The van der Waals surface area contributed by atoms with E-state index >= 15 is 0 Å². The van der Waals surface area contributed by atoms with Gasteiger partial charge in [0, 0.05) is 7.05 Å². The molecule has 6 heteroatoms. The highest BCUT2D eigenvalue weighted by Crippen LogP contribution is 2.34. The normalized spacial score (nSPS) is 15.2. The third-order valence-electron chi connectivity index (χ3n) is 4.86. The predicted molar refractivity (Wildman–Crippen MR) is 108 cm³/mol. The van der Waals surface area contributed by atoms with Gasteiger partial charge in [-0.05, 0) is 35.4 Å². The third-order valence-corrected chi connectivity index (χ3v) is 4.86. The molecule has 29 heavy (non-hydrogen) atoms. The molecule has 0 aliphatic carbocycles. The molecule has 5 nitrogen and oxygen atoms in total. The summed E-state index contributed by atoms with van der Waals surface area (Å²) in [6.07, 6.45) is -0.870. The molecule has 4 rings (SSSR count). The number of carbonyl (C=O) groups is 2. The van der Waals surface area contributed by atoms with Crippen LogP contribution in [0.15, 0.2) is 72.8 Å². The fourth-order valence-corrected chi connectivity index (χ4v) is 3.37. The van der Waals surface area contributed by atoms with E-state index in [4.69, 9.17) is 4.74 Å². The van der Waals surface area contributed by atoms with E-state index in [0.717, 1.165) is 5.56 Å². The van der Waals surface area contributed by atoms with Crippen molar-refractivity contribution >= 4 is 17.5 Å². The number of benzene rings is 3. The van der Waals surface area contributed by atoms with Crippen LogP contribution in [0.3, 0.4) is 0 Å².